The Labute approximate surface area is 148 Å². The minimum absolute atomic E-state index is 0.344. The van der Waals surface area contributed by atoms with Gasteiger partial charge in [-0.3, -0.25) is 0 Å². The number of nitrogens with one attached hydrogen (secondary N) is 1. The average molecular weight is 349 g/mol. The molecule has 0 aliphatic carbocycles. The molecule has 130 valence electrons. The third kappa shape index (κ3) is 2.99. The van der Waals surface area contributed by atoms with Crippen LogP contribution >= 0.6 is 0 Å². The van der Waals surface area contributed by atoms with Crippen molar-refractivity contribution in [3.63, 3.8) is 0 Å². The number of benzene rings is 2. The zero-order valence-electron chi connectivity index (χ0n) is 14.1. The smallest absolute Gasteiger partial charge is 0.347 e. The summed E-state index contributed by atoms with van der Waals surface area (Å²) in [5, 5.41) is 3.58. The highest BCUT2D eigenvalue weighted by molar-refractivity contribution is 5.99. The van der Waals surface area contributed by atoms with Crippen LogP contribution in [0.25, 0.3) is 22.1 Å². The Morgan fingerprint density at radius 1 is 1.00 bits per heavy atom. The predicted octanol–water partition coefficient (Wildman–Crippen LogP) is 5.11. The molecule has 4 rings (SSSR count). The topological polar surface area (TPSA) is 55.4 Å². The first-order valence-corrected chi connectivity index (χ1v) is 8.23. The van der Waals surface area contributed by atoms with Gasteiger partial charge in [-0.15, -0.1) is 0 Å². The Morgan fingerprint density at radius 3 is 2.46 bits per heavy atom. The summed E-state index contributed by atoms with van der Waals surface area (Å²) in [6, 6.07) is 17.5. The summed E-state index contributed by atoms with van der Waals surface area (Å²) < 4.78 is 24.5. The maximum atomic E-state index is 13.3. The summed E-state index contributed by atoms with van der Waals surface area (Å²) in [4.78, 5) is 12.4. The Bertz CT molecular complexity index is 1110. The molecule has 26 heavy (non-hydrogen) atoms. The molecule has 0 saturated heterocycles. The average Bonchev–Trinajstić information content (AvgIpc) is 3.00. The van der Waals surface area contributed by atoms with Gasteiger partial charge in [0, 0.05) is 12.6 Å². The lowest BCUT2D eigenvalue weighted by atomic mass is 10.0. The van der Waals surface area contributed by atoms with E-state index < -0.39 is 5.63 Å². The van der Waals surface area contributed by atoms with E-state index >= 15 is 0 Å². The first-order chi connectivity index (χ1) is 12.6. The van der Waals surface area contributed by atoms with Crippen molar-refractivity contribution in [3.05, 3.63) is 88.2 Å². The molecule has 0 atom stereocenters. The minimum atomic E-state index is -0.476. The zero-order valence-corrected chi connectivity index (χ0v) is 14.1. The normalized spacial score (nSPS) is 11.0. The standard InChI is InChI=1S/C21H16FNO3/c1-13-11-17-19(21(24)25-13)18(15-7-9-16(22)10-8-15)20(26-17)23-12-14-5-3-2-4-6-14/h2-11,23H,12H2,1H3. The molecule has 2 heterocycles. The van der Waals surface area contributed by atoms with Gasteiger partial charge in [0.15, 0.2) is 0 Å². The van der Waals surface area contributed by atoms with Gasteiger partial charge in [-0.25, -0.2) is 9.18 Å². The molecule has 2 aromatic carbocycles. The SMILES string of the molecule is Cc1cc2oc(NCc3ccccc3)c(-c3ccc(F)cc3)c2c(=O)o1. The van der Waals surface area contributed by atoms with Crippen molar-refractivity contribution in [2.45, 2.75) is 13.5 Å². The minimum Gasteiger partial charge on any atom is -0.440 e. The quantitative estimate of drug-likeness (QED) is 0.556. The zero-order chi connectivity index (χ0) is 18.1. The number of aryl methyl sites for hydroxylation is 1. The molecule has 0 fully saturated rings. The van der Waals surface area contributed by atoms with Crippen LogP contribution in [0.15, 0.2) is 74.3 Å². The summed E-state index contributed by atoms with van der Waals surface area (Å²) in [6.45, 7) is 2.22. The molecule has 5 heteroatoms. The van der Waals surface area contributed by atoms with E-state index in [-0.39, 0.29) is 5.82 Å². The van der Waals surface area contributed by atoms with Gasteiger partial charge in [0.1, 0.15) is 22.5 Å². The lowest BCUT2D eigenvalue weighted by Gasteiger charge is -2.07. The van der Waals surface area contributed by atoms with Crippen LogP contribution in [0.1, 0.15) is 11.3 Å². The van der Waals surface area contributed by atoms with Crippen molar-refractivity contribution < 1.29 is 13.2 Å². The van der Waals surface area contributed by atoms with E-state index in [9.17, 15) is 9.18 Å². The largest absolute Gasteiger partial charge is 0.440 e. The fourth-order valence-corrected chi connectivity index (χ4v) is 2.96. The summed E-state index contributed by atoms with van der Waals surface area (Å²) >= 11 is 0. The third-order valence-corrected chi connectivity index (χ3v) is 4.16. The molecular formula is C21H16FNO3. The highest BCUT2D eigenvalue weighted by Gasteiger charge is 2.20. The summed E-state index contributed by atoms with van der Waals surface area (Å²) in [7, 11) is 0. The highest BCUT2D eigenvalue weighted by atomic mass is 19.1. The molecule has 4 aromatic rings. The molecule has 0 spiro atoms. The van der Waals surface area contributed by atoms with Crippen LogP contribution in [0, 0.1) is 12.7 Å². The number of hydrogen-bond acceptors (Lipinski definition) is 4. The Morgan fingerprint density at radius 2 is 1.73 bits per heavy atom. The van der Waals surface area contributed by atoms with Crippen molar-refractivity contribution in [1.29, 1.82) is 0 Å². The van der Waals surface area contributed by atoms with Crippen LogP contribution in [0.3, 0.4) is 0 Å². The summed E-state index contributed by atoms with van der Waals surface area (Å²) in [6.07, 6.45) is 0. The van der Waals surface area contributed by atoms with E-state index in [1.807, 2.05) is 30.3 Å². The second kappa shape index (κ2) is 6.52. The van der Waals surface area contributed by atoms with Crippen molar-refractivity contribution >= 4 is 16.9 Å². The Kier molecular flexibility index (Phi) is 4.05. The maximum Gasteiger partial charge on any atom is 0.347 e. The molecule has 0 aliphatic rings. The number of fused-ring (bicyclic) bond motifs is 1. The van der Waals surface area contributed by atoms with Gasteiger partial charge in [0.05, 0.1) is 5.56 Å². The molecule has 0 radical (unpaired) electrons. The molecule has 0 amide bonds. The van der Waals surface area contributed by atoms with Gasteiger partial charge in [0.2, 0.25) is 5.88 Å². The van der Waals surface area contributed by atoms with Gasteiger partial charge in [-0.2, -0.15) is 0 Å². The lowest BCUT2D eigenvalue weighted by Crippen LogP contribution is -2.02. The first kappa shape index (κ1) is 16.1. The van der Waals surface area contributed by atoms with Gasteiger partial charge in [-0.1, -0.05) is 42.5 Å². The molecule has 0 saturated carbocycles. The second-order valence-electron chi connectivity index (χ2n) is 6.04. The van der Waals surface area contributed by atoms with Crippen molar-refractivity contribution in [1.82, 2.24) is 0 Å². The number of rotatable bonds is 4. The van der Waals surface area contributed by atoms with Gasteiger partial charge in [-0.05, 0) is 30.2 Å². The molecule has 2 aromatic heterocycles. The van der Waals surface area contributed by atoms with Crippen LogP contribution < -0.4 is 10.9 Å². The summed E-state index contributed by atoms with van der Waals surface area (Å²) in [5.74, 6) is 0.577. The van der Waals surface area contributed by atoms with Crippen LogP contribution in [-0.2, 0) is 6.54 Å². The predicted molar refractivity (Wildman–Crippen MR) is 98.6 cm³/mol. The Balaban J connectivity index is 1.85. The second-order valence-corrected chi connectivity index (χ2v) is 6.04. The molecule has 4 nitrogen and oxygen atoms in total. The van der Waals surface area contributed by atoms with E-state index in [0.29, 0.717) is 40.3 Å². The monoisotopic (exact) mass is 349 g/mol. The van der Waals surface area contributed by atoms with Crippen LogP contribution in [0.5, 0.6) is 0 Å². The molecule has 0 bridgehead atoms. The number of hydrogen-bond donors (Lipinski definition) is 1. The van der Waals surface area contributed by atoms with E-state index in [2.05, 4.69) is 5.32 Å². The fraction of sp³-hybridized carbons (Fsp3) is 0.0952. The maximum absolute atomic E-state index is 13.3. The number of halogens is 1. The van der Waals surface area contributed by atoms with Crippen LogP contribution in [0.2, 0.25) is 0 Å². The van der Waals surface area contributed by atoms with Crippen molar-refractivity contribution in [2.24, 2.45) is 0 Å². The molecule has 1 N–H and O–H groups in total. The van der Waals surface area contributed by atoms with E-state index in [4.69, 9.17) is 8.83 Å². The van der Waals surface area contributed by atoms with Gasteiger partial charge < -0.3 is 14.2 Å². The number of anilines is 1. The van der Waals surface area contributed by atoms with E-state index in [1.165, 1.54) is 12.1 Å². The highest BCUT2D eigenvalue weighted by Crippen LogP contribution is 2.37. The van der Waals surface area contributed by atoms with Crippen LogP contribution in [-0.4, -0.2) is 0 Å². The fourth-order valence-electron chi connectivity index (χ4n) is 2.96. The summed E-state index contributed by atoms with van der Waals surface area (Å²) in [5.41, 5.74) is 2.28. The van der Waals surface area contributed by atoms with E-state index in [1.54, 1.807) is 25.1 Å². The molecule has 0 aliphatic heterocycles. The van der Waals surface area contributed by atoms with Crippen LogP contribution in [0.4, 0.5) is 10.3 Å². The van der Waals surface area contributed by atoms with E-state index in [0.717, 1.165) is 5.56 Å². The van der Waals surface area contributed by atoms with Crippen molar-refractivity contribution in [2.75, 3.05) is 5.32 Å². The lowest BCUT2D eigenvalue weighted by molar-refractivity contribution is 0.485. The van der Waals surface area contributed by atoms with Gasteiger partial charge >= 0.3 is 5.63 Å². The molecule has 0 unspecified atom stereocenters. The Hall–Kier alpha value is -3.34. The number of furan rings is 1. The first-order valence-electron chi connectivity index (χ1n) is 8.23. The van der Waals surface area contributed by atoms with Crippen molar-refractivity contribution in [3.8, 4) is 11.1 Å². The van der Waals surface area contributed by atoms with Gasteiger partial charge in [0.25, 0.3) is 0 Å². The molecular weight excluding hydrogens is 333 g/mol. The third-order valence-electron chi connectivity index (χ3n) is 4.16.